The van der Waals surface area contributed by atoms with Crippen molar-refractivity contribution in [2.24, 2.45) is 5.92 Å². The van der Waals surface area contributed by atoms with E-state index in [1.165, 1.54) is 11.3 Å². The van der Waals surface area contributed by atoms with Crippen LogP contribution in [0.4, 0.5) is 5.13 Å². The maximum Gasteiger partial charge on any atom is 0.226 e. The monoisotopic (exact) mass is 458 g/mol. The molecule has 0 bridgehead atoms. The SMILES string of the molecule is Cc1nc(NC(=O)CC2CCNCC2)sc1-c1ccc2c(C=Cc3ccccn3)n[nH]c2c1. The van der Waals surface area contributed by atoms with Crippen LogP contribution in [0.5, 0.6) is 0 Å². The van der Waals surface area contributed by atoms with E-state index in [2.05, 4.69) is 49.0 Å². The highest BCUT2D eigenvalue weighted by Gasteiger charge is 2.18. The fourth-order valence-electron chi connectivity index (χ4n) is 4.18. The molecule has 1 fully saturated rings. The zero-order chi connectivity index (χ0) is 22.6. The number of amides is 1. The molecule has 3 N–H and O–H groups in total. The quantitative estimate of drug-likeness (QED) is 0.382. The third kappa shape index (κ3) is 5.02. The average Bonchev–Trinajstić information content (AvgIpc) is 3.41. The van der Waals surface area contributed by atoms with E-state index in [4.69, 9.17) is 0 Å². The number of carbonyl (C=O) groups excluding carboxylic acids is 1. The van der Waals surface area contributed by atoms with Crippen molar-refractivity contribution in [2.45, 2.75) is 26.2 Å². The third-order valence-corrected chi connectivity index (χ3v) is 7.05. The van der Waals surface area contributed by atoms with Crippen molar-refractivity contribution < 1.29 is 4.79 Å². The molecule has 7 nitrogen and oxygen atoms in total. The topological polar surface area (TPSA) is 95.6 Å². The minimum absolute atomic E-state index is 0.0514. The molecule has 0 spiro atoms. The summed E-state index contributed by atoms with van der Waals surface area (Å²) in [5.74, 6) is 0.506. The summed E-state index contributed by atoms with van der Waals surface area (Å²) in [5.41, 5.74) is 4.68. The second kappa shape index (κ2) is 9.64. The molecule has 3 aromatic heterocycles. The maximum atomic E-state index is 12.5. The van der Waals surface area contributed by atoms with Gasteiger partial charge in [-0.05, 0) is 80.8 Å². The van der Waals surface area contributed by atoms with Crippen LogP contribution in [0, 0.1) is 12.8 Å². The fraction of sp³-hybridized carbons (Fsp3) is 0.280. The van der Waals surface area contributed by atoms with Crippen LogP contribution < -0.4 is 10.6 Å². The van der Waals surface area contributed by atoms with Crippen molar-refractivity contribution in [2.75, 3.05) is 18.4 Å². The number of aryl methyl sites for hydroxylation is 1. The fourth-order valence-corrected chi connectivity index (χ4v) is 5.16. The molecule has 0 unspecified atom stereocenters. The highest BCUT2D eigenvalue weighted by molar-refractivity contribution is 7.19. The number of nitrogens with one attached hydrogen (secondary N) is 3. The molecule has 1 aliphatic heterocycles. The number of H-pyrrole nitrogens is 1. The van der Waals surface area contributed by atoms with E-state index in [9.17, 15) is 4.79 Å². The molecule has 1 saturated heterocycles. The number of carbonyl (C=O) groups is 1. The smallest absolute Gasteiger partial charge is 0.226 e. The van der Waals surface area contributed by atoms with Gasteiger partial charge in [-0.25, -0.2) is 4.98 Å². The Kier molecular flexibility index (Phi) is 6.28. The van der Waals surface area contributed by atoms with Crippen LogP contribution in [0.3, 0.4) is 0 Å². The number of hydrogen-bond donors (Lipinski definition) is 3. The zero-order valence-corrected chi connectivity index (χ0v) is 19.3. The largest absolute Gasteiger partial charge is 0.317 e. The summed E-state index contributed by atoms with van der Waals surface area (Å²) in [5, 5.41) is 15.6. The number of aromatic amines is 1. The number of piperidine rings is 1. The number of anilines is 1. The minimum Gasteiger partial charge on any atom is -0.317 e. The van der Waals surface area contributed by atoms with Gasteiger partial charge in [0.05, 0.1) is 27.5 Å². The Morgan fingerprint density at radius 1 is 1.21 bits per heavy atom. The van der Waals surface area contributed by atoms with Crippen molar-refractivity contribution >= 4 is 45.4 Å². The van der Waals surface area contributed by atoms with Gasteiger partial charge in [-0.15, -0.1) is 0 Å². The number of pyridine rings is 1. The number of nitrogens with zero attached hydrogens (tertiary/aromatic N) is 3. The predicted octanol–water partition coefficient (Wildman–Crippen LogP) is 4.89. The van der Waals surface area contributed by atoms with Gasteiger partial charge < -0.3 is 10.6 Å². The summed E-state index contributed by atoms with van der Waals surface area (Å²) in [7, 11) is 0. The lowest BCUT2D eigenvalue weighted by Crippen LogP contribution is -2.30. The molecule has 33 heavy (non-hydrogen) atoms. The summed E-state index contributed by atoms with van der Waals surface area (Å²) in [4.78, 5) is 22.5. The summed E-state index contributed by atoms with van der Waals surface area (Å²) in [6.45, 7) is 3.97. The van der Waals surface area contributed by atoms with Crippen molar-refractivity contribution in [3.8, 4) is 10.4 Å². The number of aromatic nitrogens is 4. The van der Waals surface area contributed by atoms with Crippen molar-refractivity contribution in [3.63, 3.8) is 0 Å². The van der Waals surface area contributed by atoms with Crippen LogP contribution in [0.25, 0.3) is 33.5 Å². The first-order valence-electron chi connectivity index (χ1n) is 11.2. The Morgan fingerprint density at radius 3 is 2.91 bits per heavy atom. The van der Waals surface area contributed by atoms with E-state index in [1.54, 1.807) is 6.20 Å². The van der Waals surface area contributed by atoms with Gasteiger partial charge in [-0.2, -0.15) is 5.10 Å². The van der Waals surface area contributed by atoms with Crippen LogP contribution in [-0.4, -0.2) is 39.2 Å². The third-order valence-electron chi connectivity index (χ3n) is 5.93. The summed E-state index contributed by atoms with van der Waals surface area (Å²) >= 11 is 1.51. The van der Waals surface area contributed by atoms with Gasteiger partial charge in [-0.3, -0.25) is 14.9 Å². The standard InChI is InChI=1S/C25H26N6OS/c1-16-24(33-25(28-16)29-23(32)14-17-9-12-26-13-10-17)18-5-7-20-21(30-31-22(20)15-18)8-6-19-4-2-3-11-27-19/h2-8,11,15,17,26H,9-10,12-14H2,1H3,(H,30,31)(H,28,29,32). The molecule has 0 atom stereocenters. The second-order valence-corrected chi connectivity index (χ2v) is 9.34. The predicted molar refractivity (Wildman–Crippen MR) is 134 cm³/mol. The van der Waals surface area contributed by atoms with Gasteiger partial charge in [0.1, 0.15) is 0 Å². The Labute approximate surface area is 196 Å². The summed E-state index contributed by atoms with van der Waals surface area (Å²) in [6.07, 6.45) is 8.36. The van der Waals surface area contributed by atoms with Gasteiger partial charge in [-0.1, -0.05) is 23.5 Å². The van der Waals surface area contributed by atoms with Crippen molar-refractivity contribution in [1.29, 1.82) is 0 Å². The number of rotatable bonds is 6. The Bertz CT molecular complexity index is 1290. The van der Waals surface area contributed by atoms with Gasteiger partial charge in [0.2, 0.25) is 5.91 Å². The second-order valence-electron chi connectivity index (χ2n) is 8.34. The van der Waals surface area contributed by atoms with E-state index in [0.29, 0.717) is 17.5 Å². The van der Waals surface area contributed by atoms with Gasteiger partial charge in [0.15, 0.2) is 5.13 Å². The normalized spacial score (nSPS) is 14.8. The average molecular weight is 459 g/mol. The van der Waals surface area contributed by atoms with Crippen LogP contribution >= 0.6 is 11.3 Å². The number of hydrogen-bond acceptors (Lipinski definition) is 6. The maximum absolute atomic E-state index is 12.5. The first-order valence-corrected chi connectivity index (χ1v) is 12.0. The first-order chi connectivity index (χ1) is 16.2. The molecule has 0 saturated carbocycles. The van der Waals surface area contributed by atoms with E-state index in [1.807, 2.05) is 37.3 Å². The molecular weight excluding hydrogens is 432 g/mol. The minimum atomic E-state index is 0.0514. The molecule has 4 heterocycles. The summed E-state index contributed by atoms with van der Waals surface area (Å²) < 4.78 is 0. The molecule has 1 amide bonds. The van der Waals surface area contributed by atoms with Crippen LogP contribution in [0.2, 0.25) is 0 Å². The number of fused-ring (bicyclic) bond motifs is 1. The molecule has 168 valence electrons. The summed E-state index contributed by atoms with van der Waals surface area (Å²) in [6, 6.07) is 12.1. The molecule has 0 radical (unpaired) electrons. The lowest BCUT2D eigenvalue weighted by molar-refractivity contribution is -0.117. The highest BCUT2D eigenvalue weighted by Crippen LogP contribution is 2.35. The van der Waals surface area contributed by atoms with E-state index in [0.717, 1.165) is 64.4 Å². The van der Waals surface area contributed by atoms with Gasteiger partial charge >= 0.3 is 0 Å². The van der Waals surface area contributed by atoms with Crippen molar-refractivity contribution in [3.05, 3.63) is 59.7 Å². The Hall–Kier alpha value is -3.36. The molecule has 4 aromatic rings. The Morgan fingerprint density at radius 2 is 2.09 bits per heavy atom. The molecule has 5 rings (SSSR count). The van der Waals surface area contributed by atoms with Crippen molar-refractivity contribution in [1.82, 2.24) is 25.5 Å². The molecular formula is C25H26N6OS. The molecule has 1 aromatic carbocycles. The molecule has 8 heteroatoms. The van der Waals surface area contributed by atoms with Gasteiger partial charge in [0.25, 0.3) is 0 Å². The highest BCUT2D eigenvalue weighted by atomic mass is 32.1. The number of benzene rings is 1. The van der Waals surface area contributed by atoms with Gasteiger partial charge in [0, 0.05) is 18.0 Å². The van der Waals surface area contributed by atoms with E-state index >= 15 is 0 Å². The van der Waals surface area contributed by atoms with Crippen LogP contribution in [0.15, 0.2) is 42.6 Å². The lowest BCUT2D eigenvalue weighted by Gasteiger charge is -2.21. The van der Waals surface area contributed by atoms with Crippen LogP contribution in [-0.2, 0) is 4.79 Å². The van der Waals surface area contributed by atoms with E-state index < -0.39 is 0 Å². The zero-order valence-electron chi connectivity index (χ0n) is 18.5. The molecule has 1 aliphatic rings. The molecule has 0 aliphatic carbocycles. The first kappa shape index (κ1) is 21.5. The van der Waals surface area contributed by atoms with E-state index in [-0.39, 0.29) is 5.91 Å². The van der Waals surface area contributed by atoms with Crippen LogP contribution in [0.1, 0.15) is 36.3 Å². The Balaban J connectivity index is 1.31. The number of thiazole rings is 1. The lowest BCUT2D eigenvalue weighted by atomic mass is 9.94.